The molecule has 1 N–H and O–H groups in total. The fourth-order valence-corrected chi connectivity index (χ4v) is 2.60. The molecule has 1 aromatic rings. The molecule has 1 saturated heterocycles. The molecule has 0 atom stereocenters. The predicted molar refractivity (Wildman–Crippen MR) is 78.7 cm³/mol. The number of thioether (sulfide) groups is 1. The van der Waals surface area contributed by atoms with E-state index in [0.29, 0.717) is 6.42 Å². The Hall–Kier alpha value is -1.04. The molecule has 1 fully saturated rings. The standard InChI is InChI=1S/C14H20N2O2S/c1-19-13-5-3-2-4-12(13)15-14(17)6-7-16-8-10-18-11-9-16/h2-5H,6-11H2,1H3,(H,15,17). The highest BCUT2D eigenvalue weighted by Crippen LogP contribution is 2.24. The van der Waals surface area contributed by atoms with Gasteiger partial charge in [-0.2, -0.15) is 0 Å². The average Bonchev–Trinajstić information content (AvgIpc) is 2.47. The van der Waals surface area contributed by atoms with Crippen molar-refractivity contribution in [3.8, 4) is 0 Å². The molecule has 0 aromatic heterocycles. The lowest BCUT2D eigenvalue weighted by Crippen LogP contribution is -2.38. The van der Waals surface area contributed by atoms with Gasteiger partial charge < -0.3 is 10.1 Å². The second kappa shape index (κ2) is 7.53. The maximum absolute atomic E-state index is 11.9. The number of hydrogen-bond acceptors (Lipinski definition) is 4. The summed E-state index contributed by atoms with van der Waals surface area (Å²) in [6.45, 7) is 4.20. The zero-order valence-corrected chi connectivity index (χ0v) is 12.0. The third-order valence-electron chi connectivity index (χ3n) is 3.14. The van der Waals surface area contributed by atoms with E-state index in [9.17, 15) is 4.79 Å². The number of amides is 1. The third kappa shape index (κ3) is 4.53. The Kier molecular flexibility index (Phi) is 5.69. The number of para-hydroxylation sites is 1. The molecule has 2 rings (SSSR count). The SMILES string of the molecule is CSc1ccccc1NC(=O)CCN1CCOCC1. The van der Waals surface area contributed by atoms with Gasteiger partial charge in [-0.3, -0.25) is 9.69 Å². The lowest BCUT2D eigenvalue weighted by atomic mass is 10.3. The second-order valence-corrected chi connectivity index (χ2v) is 5.30. The Labute approximate surface area is 118 Å². The number of carbonyl (C=O) groups is 1. The lowest BCUT2D eigenvalue weighted by molar-refractivity contribution is -0.116. The van der Waals surface area contributed by atoms with Crippen LogP contribution in [-0.4, -0.2) is 49.9 Å². The molecule has 1 aliphatic rings. The molecule has 1 heterocycles. The quantitative estimate of drug-likeness (QED) is 0.838. The number of carbonyl (C=O) groups excluding carboxylic acids is 1. The normalized spacial score (nSPS) is 16.3. The summed E-state index contributed by atoms with van der Waals surface area (Å²) in [5, 5.41) is 2.98. The van der Waals surface area contributed by atoms with E-state index < -0.39 is 0 Å². The third-order valence-corrected chi connectivity index (χ3v) is 3.94. The van der Waals surface area contributed by atoms with Gasteiger partial charge >= 0.3 is 0 Å². The molecule has 1 amide bonds. The number of benzene rings is 1. The second-order valence-electron chi connectivity index (χ2n) is 4.45. The Morgan fingerprint density at radius 3 is 2.84 bits per heavy atom. The van der Waals surface area contributed by atoms with Crippen LogP contribution >= 0.6 is 11.8 Å². The molecule has 0 unspecified atom stereocenters. The number of anilines is 1. The fraction of sp³-hybridized carbons (Fsp3) is 0.500. The zero-order valence-electron chi connectivity index (χ0n) is 11.2. The van der Waals surface area contributed by atoms with Crippen LogP contribution in [0.4, 0.5) is 5.69 Å². The maximum Gasteiger partial charge on any atom is 0.225 e. The molecular weight excluding hydrogens is 260 g/mol. The molecule has 5 heteroatoms. The summed E-state index contributed by atoms with van der Waals surface area (Å²) in [7, 11) is 0. The van der Waals surface area contributed by atoms with Crippen molar-refractivity contribution in [3.05, 3.63) is 24.3 Å². The van der Waals surface area contributed by atoms with E-state index >= 15 is 0 Å². The number of ether oxygens (including phenoxy) is 1. The van der Waals surface area contributed by atoms with E-state index in [2.05, 4.69) is 10.2 Å². The van der Waals surface area contributed by atoms with Crippen molar-refractivity contribution in [2.45, 2.75) is 11.3 Å². The van der Waals surface area contributed by atoms with Crippen LogP contribution in [0.1, 0.15) is 6.42 Å². The zero-order chi connectivity index (χ0) is 13.5. The van der Waals surface area contributed by atoms with Crippen molar-refractivity contribution in [3.63, 3.8) is 0 Å². The predicted octanol–water partition coefficient (Wildman–Crippen LogP) is 2.07. The summed E-state index contributed by atoms with van der Waals surface area (Å²) >= 11 is 1.64. The molecule has 104 valence electrons. The molecule has 0 aliphatic carbocycles. The van der Waals surface area contributed by atoms with Crippen LogP contribution < -0.4 is 5.32 Å². The molecule has 0 radical (unpaired) electrons. The van der Waals surface area contributed by atoms with Gasteiger partial charge in [0, 0.05) is 31.0 Å². The monoisotopic (exact) mass is 280 g/mol. The number of nitrogens with one attached hydrogen (secondary N) is 1. The summed E-state index contributed by atoms with van der Waals surface area (Å²) < 4.78 is 5.29. The highest BCUT2D eigenvalue weighted by molar-refractivity contribution is 7.98. The summed E-state index contributed by atoms with van der Waals surface area (Å²) in [5.74, 6) is 0.0768. The summed E-state index contributed by atoms with van der Waals surface area (Å²) in [5.41, 5.74) is 0.905. The molecule has 4 nitrogen and oxygen atoms in total. The van der Waals surface area contributed by atoms with Crippen LogP contribution in [0.2, 0.25) is 0 Å². The van der Waals surface area contributed by atoms with Gasteiger partial charge in [-0.25, -0.2) is 0 Å². The highest BCUT2D eigenvalue weighted by Gasteiger charge is 2.12. The minimum absolute atomic E-state index is 0.0768. The minimum atomic E-state index is 0.0768. The van der Waals surface area contributed by atoms with Crippen LogP contribution in [0.3, 0.4) is 0 Å². The first-order valence-electron chi connectivity index (χ1n) is 6.52. The van der Waals surface area contributed by atoms with Gasteiger partial charge in [0.15, 0.2) is 0 Å². The minimum Gasteiger partial charge on any atom is -0.379 e. The van der Waals surface area contributed by atoms with Crippen molar-refractivity contribution < 1.29 is 9.53 Å². The van der Waals surface area contributed by atoms with E-state index in [1.165, 1.54) is 0 Å². The molecule has 1 aromatic carbocycles. The summed E-state index contributed by atoms with van der Waals surface area (Å²) in [4.78, 5) is 15.3. The van der Waals surface area contributed by atoms with Crippen LogP contribution in [-0.2, 0) is 9.53 Å². The van der Waals surface area contributed by atoms with Gasteiger partial charge in [0.05, 0.1) is 18.9 Å². The highest BCUT2D eigenvalue weighted by atomic mass is 32.2. The molecule has 0 bridgehead atoms. The van der Waals surface area contributed by atoms with Gasteiger partial charge in [0.2, 0.25) is 5.91 Å². The fourth-order valence-electron chi connectivity index (χ4n) is 2.05. The first kappa shape index (κ1) is 14.4. The number of nitrogens with zero attached hydrogens (tertiary/aromatic N) is 1. The number of hydrogen-bond donors (Lipinski definition) is 1. The van der Waals surface area contributed by atoms with Crippen molar-refractivity contribution in [2.24, 2.45) is 0 Å². The molecular formula is C14H20N2O2S. The number of morpholine rings is 1. The Morgan fingerprint density at radius 1 is 1.37 bits per heavy atom. The first-order valence-corrected chi connectivity index (χ1v) is 7.75. The Balaban J connectivity index is 1.80. The molecule has 19 heavy (non-hydrogen) atoms. The van der Waals surface area contributed by atoms with E-state index in [0.717, 1.165) is 43.4 Å². The molecule has 0 spiro atoms. The van der Waals surface area contributed by atoms with Crippen molar-refractivity contribution in [1.29, 1.82) is 0 Å². The van der Waals surface area contributed by atoms with Crippen LogP contribution in [0.25, 0.3) is 0 Å². The van der Waals surface area contributed by atoms with Gasteiger partial charge in [0.25, 0.3) is 0 Å². The molecule has 0 saturated carbocycles. The summed E-state index contributed by atoms with van der Waals surface area (Å²) in [6, 6.07) is 7.88. The van der Waals surface area contributed by atoms with E-state index in [1.807, 2.05) is 30.5 Å². The van der Waals surface area contributed by atoms with E-state index in [4.69, 9.17) is 4.74 Å². The number of rotatable bonds is 5. The van der Waals surface area contributed by atoms with Gasteiger partial charge in [-0.1, -0.05) is 12.1 Å². The average molecular weight is 280 g/mol. The lowest BCUT2D eigenvalue weighted by Gasteiger charge is -2.26. The van der Waals surface area contributed by atoms with E-state index in [-0.39, 0.29) is 5.91 Å². The van der Waals surface area contributed by atoms with Crippen LogP contribution in [0.15, 0.2) is 29.2 Å². The largest absolute Gasteiger partial charge is 0.379 e. The molecule has 1 aliphatic heterocycles. The Morgan fingerprint density at radius 2 is 2.11 bits per heavy atom. The summed E-state index contributed by atoms with van der Waals surface area (Å²) in [6.07, 6.45) is 2.54. The van der Waals surface area contributed by atoms with Crippen molar-refractivity contribution in [2.75, 3.05) is 44.4 Å². The van der Waals surface area contributed by atoms with Crippen LogP contribution in [0, 0.1) is 0 Å². The smallest absolute Gasteiger partial charge is 0.225 e. The topological polar surface area (TPSA) is 41.6 Å². The Bertz CT molecular complexity index is 420. The first-order chi connectivity index (χ1) is 9.29. The van der Waals surface area contributed by atoms with Crippen LogP contribution in [0.5, 0.6) is 0 Å². The van der Waals surface area contributed by atoms with Gasteiger partial charge in [-0.05, 0) is 18.4 Å². The van der Waals surface area contributed by atoms with E-state index in [1.54, 1.807) is 11.8 Å². The maximum atomic E-state index is 11.9. The van der Waals surface area contributed by atoms with Crippen molar-refractivity contribution >= 4 is 23.4 Å². The van der Waals surface area contributed by atoms with Gasteiger partial charge in [0.1, 0.15) is 0 Å². The van der Waals surface area contributed by atoms with Gasteiger partial charge in [-0.15, -0.1) is 11.8 Å². The van der Waals surface area contributed by atoms with Crippen molar-refractivity contribution in [1.82, 2.24) is 4.90 Å².